The molecule has 0 aliphatic rings. The normalized spacial score (nSPS) is 12.4. The first-order valence-corrected chi connectivity index (χ1v) is 9.20. The van der Waals surface area contributed by atoms with Crippen molar-refractivity contribution in [2.45, 2.75) is 13.0 Å². The molecule has 1 N–H and O–H groups in total. The molecule has 1 atom stereocenters. The van der Waals surface area contributed by atoms with Crippen molar-refractivity contribution in [3.8, 4) is 0 Å². The van der Waals surface area contributed by atoms with Crippen molar-refractivity contribution in [2.24, 2.45) is 0 Å². The minimum atomic E-state index is -1.21. The molecule has 148 valence electrons. The topological polar surface area (TPSA) is 57.6 Å². The fraction of sp³-hybridized carbons (Fsp3) is 0.143. The number of carbonyl (C=O) groups is 1. The maximum absolute atomic E-state index is 14.2. The van der Waals surface area contributed by atoms with E-state index in [0.717, 1.165) is 6.07 Å². The molecule has 1 amide bonds. The Morgan fingerprint density at radius 2 is 2.03 bits per heavy atom. The molecule has 0 spiro atoms. The molecule has 0 saturated heterocycles. The number of aromatic amines is 1. The highest BCUT2D eigenvalue weighted by atomic mass is 35.5. The molecule has 5 nitrogen and oxygen atoms in total. The number of aromatic nitrogens is 2. The number of fused-ring (bicyclic) bond motifs is 2. The quantitative estimate of drug-likeness (QED) is 0.534. The minimum Gasteiger partial charge on any atom is -0.335 e. The van der Waals surface area contributed by atoms with Crippen molar-refractivity contribution >= 4 is 33.8 Å². The maximum Gasteiger partial charge on any atom is 0.258 e. The van der Waals surface area contributed by atoms with Gasteiger partial charge in [0.1, 0.15) is 0 Å². The summed E-state index contributed by atoms with van der Waals surface area (Å²) >= 11 is 6.18. The van der Waals surface area contributed by atoms with Gasteiger partial charge in [0, 0.05) is 25.6 Å². The van der Waals surface area contributed by atoms with Crippen molar-refractivity contribution in [3.05, 3.63) is 87.1 Å². The van der Waals surface area contributed by atoms with Gasteiger partial charge in [0.25, 0.3) is 11.5 Å². The predicted molar refractivity (Wildman–Crippen MR) is 107 cm³/mol. The van der Waals surface area contributed by atoms with Gasteiger partial charge in [0.15, 0.2) is 11.6 Å². The number of amides is 1. The number of halogens is 3. The van der Waals surface area contributed by atoms with Crippen molar-refractivity contribution in [1.29, 1.82) is 0 Å². The van der Waals surface area contributed by atoms with Crippen molar-refractivity contribution < 1.29 is 13.6 Å². The number of nitrogens with zero attached hydrogens (tertiary/aromatic N) is 2. The second-order valence-corrected chi connectivity index (χ2v) is 7.23. The molecular weight excluding hydrogens is 400 g/mol. The Morgan fingerprint density at radius 1 is 1.28 bits per heavy atom. The van der Waals surface area contributed by atoms with Crippen LogP contribution in [0.25, 0.3) is 16.3 Å². The van der Waals surface area contributed by atoms with Crippen LogP contribution >= 0.6 is 11.6 Å². The van der Waals surface area contributed by atoms with Gasteiger partial charge in [-0.2, -0.15) is 0 Å². The van der Waals surface area contributed by atoms with Crippen molar-refractivity contribution in [3.63, 3.8) is 0 Å². The fourth-order valence-electron chi connectivity index (χ4n) is 3.46. The molecule has 0 bridgehead atoms. The van der Waals surface area contributed by atoms with E-state index < -0.39 is 23.2 Å². The number of hydrogen-bond acceptors (Lipinski definition) is 2. The summed E-state index contributed by atoms with van der Waals surface area (Å²) < 4.78 is 29.5. The van der Waals surface area contributed by atoms with Crippen LogP contribution in [-0.2, 0) is 0 Å². The number of carbonyl (C=O) groups excluding carboxylic acids is 1. The largest absolute Gasteiger partial charge is 0.335 e. The van der Waals surface area contributed by atoms with E-state index in [4.69, 9.17) is 11.6 Å². The van der Waals surface area contributed by atoms with Crippen LogP contribution in [0.2, 0.25) is 5.02 Å². The van der Waals surface area contributed by atoms with Gasteiger partial charge in [-0.1, -0.05) is 17.7 Å². The highest BCUT2D eigenvalue weighted by Crippen LogP contribution is 2.29. The van der Waals surface area contributed by atoms with E-state index in [1.807, 2.05) is 0 Å². The first kappa shape index (κ1) is 19.1. The van der Waals surface area contributed by atoms with E-state index in [2.05, 4.69) is 4.98 Å². The number of rotatable bonds is 3. The third-order valence-electron chi connectivity index (χ3n) is 5.17. The molecule has 0 unspecified atom stereocenters. The van der Waals surface area contributed by atoms with Gasteiger partial charge >= 0.3 is 0 Å². The SMILES string of the molecule is C[C@@H](c1c[nH]c(=O)c2c(F)c(F)ccc12)N(C)C(=O)c1cc2c(Cl)cccn2c1. The zero-order valence-corrected chi connectivity index (χ0v) is 16.3. The first-order valence-electron chi connectivity index (χ1n) is 8.82. The van der Waals surface area contributed by atoms with Crippen LogP contribution in [0.5, 0.6) is 0 Å². The summed E-state index contributed by atoms with van der Waals surface area (Å²) in [5.41, 5.74) is 0.899. The fourth-order valence-corrected chi connectivity index (χ4v) is 3.68. The van der Waals surface area contributed by atoms with Crippen molar-refractivity contribution in [1.82, 2.24) is 14.3 Å². The van der Waals surface area contributed by atoms with Crippen LogP contribution in [0.3, 0.4) is 0 Å². The Hall–Kier alpha value is -3.19. The lowest BCUT2D eigenvalue weighted by Gasteiger charge is -2.26. The van der Waals surface area contributed by atoms with Gasteiger partial charge in [-0.15, -0.1) is 0 Å². The van der Waals surface area contributed by atoms with Gasteiger partial charge in [-0.25, -0.2) is 8.78 Å². The molecule has 4 aromatic rings. The lowest BCUT2D eigenvalue weighted by atomic mass is 10.0. The highest BCUT2D eigenvalue weighted by Gasteiger charge is 2.24. The molecule has 29 heavy (non-hydrogen) atoms. The van der Waals surface area contributed by atoms with E-state index in [0.29, 0.717) is 21.7 Å². The Kier molecular flexibility index (Phi) is 4.62. The lowest BCUT2D eigenvalue weighted by Crippen LogP contribution is -2.30. The molecule has 3 heterocycles. The average molecular weight is 416 g/mol. The summed E-state index contributed by atoms with van der Waals surface area (Å²) in [4.78, 5) is 29.0. The third kappa shape index (κ3) is 3.07. The van der Waals surface area contributed by atoms with Crippen LogP contribution < -0.4 is 5.56 Å². The Labute approximate surface area is 169 Å². The summed E-state index contributed by atoms with van der Waals surface area (Å²) in [5, 5.41) is 0.410. The number of pyridine rings is 2. The van der Waals surface area contributed by atoms with Crippen LogP contribution in [0, 0.1) is 11.6 Å². The molecule has 4 rings (SSSR count). The van der Waals surface area contributed by atoms with Crippen LogP contribution in [0.1, 0.15) is 28.9 Å². The monoisotopic (exact) mass is 415 g/mol. The zero-order chi connectivity index (χ0) is 20.9. The van der Waals surface area contributed by atoms with E-state index in [1.54, 1.807) is 49.0 Å². The lowest BCUT2D eigenvalue weighted by molar-refractivity contribution is 0.0743. The standard InChI is InChI=1S/C21H16ClF2N3O2/c1-11(14-9-25-20(28)18-13(14)5-6-16(23)19(18)24)26(2)21(29)12-8-17-15(22)4-3-7-27(17)10-12/h3-11H,1-2H3,(H,25,28)/t11-/m0/s1. The zero-order valence-electron chi connectivity index (χ0n) is 15.5. The van der Waals surface area contributed by atoms with Gasteiger partial charge in [0.2, 0.25) is 0 Å². The average Bonchev–Trinajstić information content (AvgIpc) is 3.15. The number of nitrogens with one attached hydrogen (secondary N) is 1. The first-order chi connectivity index (χ1) is 13.8. The van der Waals surface area contributed by atoms with Crippen molar-refractivity contribution in [2.75, 3.05) is 7.05 Å². The molecule has 0 saturated carbocycles. The second-order valence-electron chi connectivity index (χ2n) is 6.83. The number of hydrogen-bond donors (Lipinski definition) is 1. The van der Waals surface area contributed by atoms with Crippen LogP contribution in [0.4, 0.5) is 8.78 Å². The molecule has 3 aromatic heterocycles. The summed E-state index contributed by atoms with van der Waals surface area (Å²) in [6.45, 7) is 1.75. The van der Waals surface area contributed by atoms with E-state index >= 15 is 0 Å². The summed E-state index contributed by atoms with van der Waals surface area (Å²) in [6, 6.07) is 6.99. The smallest absolute Gasteiger partial charge is 0.258 e. The Balaban J connectivity index is 1.76. The molecular formula is C21H16ClF2N3O2. The second kappa shape index (κ2) is 7.00. The molecule has 0 radical (unpaired) electrons. The summed E-state index contributed by atoms with van der Waals surface area (Å²) in [7, 11) is 1.60. The molecule has 0 fully saturated rings. The van der Waals surface area contributed by atoms with E-state index in [1.165, 1.54) is 17.2 Å². The number of H-pyrrole nitrogens is 1. The molecule has 1 aromatic carbocycles. The number of benzene rings is 1. The molecule has 0 aliphatic carbocycles. The maximum atomic E-state index is 14.2. The Morgan fingerprint density at radius 3 is 2.76 bits per heavy atom. The third-order valence-corrected chi connectivity index (χ3v) is 5.49. The van der Waals surface area contributed by atoms with Crippen LogP contribution in [0.15, 0.2) is 53.7 Å². The summed E-state index contributed by atoms with van der Waals surface area (Å²) in [5.74, 6) is -2.59. The predicted octanol–water partition coefficient (Wildman–Crippen LogP) is 4.55. The van der Waals surface area contributed by atoms with E-state index in [-0.39, 0.29) is 16.7 Å². The van der Waals surface area contributed by atoms with Gasteiger partial charge in [0.05, 0.1) is 27.5 Å². The van der Waals surface area contributed by atoms with Gasteiger partial charge in [-0.3, -0.25) is 9.59 Å². The summed E-state index contributed by atoms with van der Waals surface area (Å²) in [6.07, 6.45) is 4.88. The molecule has 0 aliphatic heterocycles. The highest BCUT2D eigenvalue weighted by molar-refractivity contribution is 6.33. The van der Waals surface area contributed by atoms with Gasteiger partial charge in [-0.05, 0) is 42.1 Å². The van der Waals surface area contributed by atoms with Crippen LogP contribution in [-0.4, -0.2) is 27.2 Å². The molecule has 8 heteroatoms. The minimum absolute atomic E-state index is 0.255. The van der Waals surface area contributed by atoms with E-state index in [9.17, 15) is 18.4 Å². The Bertz CT molecular complexity index is 1330. The van der Waals surface area contributed by atoms with Gasteiger partial charge < -0.3 is 14.3 Å².